The first-order chi connectivity index (χ1) is 10.0. The van der Waals surface area contributed by atoms with Crippen molar-refractivity contribution in [3.63, 3.8) is 0 Å². The van der Waals surface area contributed by atoms with Crippen molar-refractivity contribution >= 4 is 17.6 Å². The number of hydrogen-bond acceptors (Lipinski definition) is 4. The van der Waals surface area contributed by atoms with Crippen LogP contribution in [0.2, 0.25) is 5.02 Å². The van der Waals surface area contributed by atoms with Crippen LogP contribution in [0.4, 0.5) is 0 Å². The predicted octanol–water partition coefficient (Wildman–Crippen LogP) is 3.88. The molecular weight excluding hydrogens is 292 g/mol. The highest BCUT2D eigenvalue weighted by Crippen LogP contribution is 2.29. The summed E-state index contributed by atoms with van der Waals surface area (Å²) >= 11 is 6.02. The quantitative estimate of drug-likeness (QED) is 0.635. The highest BCUT2D eigenvalue weighted by molar-refractivity contribution is 6.32. The van der Waals surface area contributed by atoms with Crippen LogP contribution in [0.15, 0.2) is 36.4 Å². The van der Waals surface area contributed by atoms with Crippen molar-refractivity contribution in [3.8, 4) is 17.2 Å². The Labute approximate surface area is 128 Å². The van der Waals surface area contributed by atoms with Crippen LogP contribution in [-0.2, 0) is 0 Å². The zero-order chi connectivity index (χ0) is 15.4. The summed E-state index contributed by atoms with van der Waals surface area (Å²) in [5.74, 6) is 0.752. The van der Waals surface area contributed by atoms with Gasteiger partial charge < -0.3 is 14.2 Å². The van der Waals surface area contributed by atoms with Gasteiger partial charge in [0.15, 0.2) is 0 Å². The van der Waals surface area contributed by atoms with Gasteiger partial charge in [0, 0.05) is 6.07 Å². The largest absolute Gasteiger partial charge is 0.497 e. The molecule has 0 bridgehead atoms. The smallest absolute Gasteiger partial charge is 0.347 e. The fourth-order valence-electron chi connectivity index (χ4n) is 1.81. The van der Waals surface area contributed by atoms with Gasteiger partial charge in [-0.05, 0) is 36.8 Å². The Morgan fingerprint density at radius 1 is 1.00 bits per heavy atom. The van der Waals surface area contributed by atoms with E-state index < -0.39 is 5.97 Å². The van der Waals surface area contributed by atoms with Gasteiger partial charge in [0.2, 0.25) is 0 Å². The summed E-state index contributed by atoms with van der Waals surface area (Å²) in [5.41, 5.74) is 1.25. The molecular formula is C16H15ClO4. The molecule has 0 N–H and O–H groups in total. The normalized spacial score (nSPS) is 10.1. The summed E-state index contributed by atoms with van der Waals surface area (Å²) < 4.78 is 15.6. The van der Waals surface area contributed by atoms with E-state index in [-0.39, 0.29) is 0 Å². The first kappa shape index (κ1) is 15.2. The summed E-state index contributed by atoms with van der Waals surface area (Å²) in [6.07, 6.45) is 0. The number of carbonyl (C=O) groups is 1. The van der Waals surface area contributed by atoms with Crippen molar-refractivity contribution in [2.45, 2.75) is 6.92 Å². The van der Waals surface area contributed by atoms with Gasteiger partial charge in [-0.25, -0.2) is 4.79 Å². The van der Waals surface area contributed by atoms with Gasteiger partial charge in [0.1, 0.15) is 22.8 Å². The molecule has 0 unspecified atom stereocenters. The number of aryl methyl sites for hydroxylation is 1. The third kappa shape index (κ3) is 3.47. The van der Waals surface area contributed by atoms with Crippen LogP contribution in [0, 0.1) is 6.92 Å². The van der Waals surface area contributed by atoms with E-state index in [9.17, 15) is 4.79 Å². The van der Waals surface area contributed by atoms with Crippen LogP contribution in [0.5, 0.6) is 17.2 Å². The van der Waals surface area contributed by atoms with Gasteiger partial charge in [0.25, 0.3) is 0 Å². The molecule has 0 aliphatic rings. The van der Waals surface area contributed by atoms with Crippen LogP contribution >= 0.6 is 11.6 Å². The summed E-state index contributed by atoms with van der Waals surface area (Å²) in [4.78, 5) is 12.3. The molecule has 0 saturated heterocycles. The molecule has 21 heavy (non-hydrogen) atoms. The summed E-state index contributed by atoms with van der Waals surface area (Å²) in [6.45, 7) is 1.89. The predicted molar refractivity (Wildman–Crippen MR) is 80.7 cm³/mol. The highest BCUT2D eigenvalue weighted by Gasteiger charge is 2.17. The maximum absolute atomic E-state index is 12.3. The molecule has 4 nitrogen and oxygen atoms in total. The van der Waals surface area contributed by atoms with Crippen molar-refractivity contribution in [2.24, 2.45) is 0 Å². The number of halogens is 1. The van der Waals surface area contributed by atoms with Crippen LogP contribution in [0.25, 0.3) is 0 Å². The van der Waals surface area contributed by atoms with Crippen LogP contribution in [-0.4, -0.2) is 20.2 Å². The zero-order valence-electron chi connectivity index (χ0n) is 12.0. The molecule has 0 aliphatic heterocycles. The van der Waals surface area contributed by atoms with Crippen LogP contribution < -0.4 is 14.2 Å². The van der Waals surface area contributed by atoms with E-state index in [1.807, 2.05) is 13.0 Å². The Balaban J connectivity index is 2.30. The Bertz CT molecular complexity index is 667. The molecule has 0 saturated carbocycles. The number of esters is 1. The van der Waals surface area contributed by atoms with Crippen molar-refractivity contribution in [1.29, 1.82) is 0 Å². The van der Waals surface area contributed by atoms with Gasteiger partial charge in [0.05, 0.1) is 19.2 Å². The molecule has 0 heterocycles. The molecule has 0 amide bonds. The topological polar surface area (TPSA) is 44.8 Å². The Hall–Kier alpha value is -2.20. The lowest BCUT2D eigenvalue weighted by Crippen LogP contribution is -2.10. The molecule has 0 spiro atoms. The lowest BCUT2D eigenvalue weighted by Gasteiger charge is -2.11. The first-order valence-corrected chi connectivity index (χ1v) is 6.63. The average Bonchev–Trinajstić information content (AvgIpc) is 2.50. The SMILES string of the molecule is COc1ccc(C(=O)Oc2cc(C)ccc2Cl)c(OC)c1. The first-order valence-electron chi connectivity index (χ1n) is 6.25. The molecule has 0 aromatic heterocycles. The lowest BCUT2D eigenvalue weighted by molar-refractivity contribution is 0.0731. The average molecular weight is 307 g/mol. The maximum atomic E-state index is 12.3. The highest BCUT2D eigenvalue weighted by atomic mass is 35.5. The zero-order valence-corrected chi connectivity index (χ0v) is 12.7. The van der Waals surface area contributed by atoms with E-state index in [0.717, 1.165) is 5.56 Å². The molecule has 0 radical (unpaired) electrons. The number of benzene rings is 2. The van der Waals surface area contributed by atoms with Crippen molar-refractivity contribution in [3.05, 3.63) is 52.5 Å². The van der Waals surface area contributed by atoms with Crippen molar-refractivity contribution in [1.82, 2.24) is 0 Å². The third-order valence-electron chi connectivity index (χ3n) is 2.92. The molecule has 2 aromatic carbocycles. The fourth-order valence-corrected chi connectivity index (χ4v) is 1.97. The summed E-state index contributed by atoms with van der Waals surface area (Å²) in [6, 6.07) is 10.1. The molecule has 2 rings (SSSR count). The van der Waals surface area contributed by atoms with Crippen molar-refractivity contribution < 1.29 is 19.0 Å². The minimum Gasteiger partial charge on any atom is -0.497 e. The number of hydrogen-bond donors (Lipinski definition) is 0. The van der Waals surface area contributed by atoms with E-state index in [4.69, 9.17) is 25.8 Å². The molecule has 0 aliphatic carbocycles. The van der Waals surface area contributed by atoms with Crippen LogP contribution in [0.1, 0.15) is 15.9 Å². The standard InChI is InChI=1S/C16H15ClO4/c1-10-4-7-13(17)15(8-10)21-16(18)12-6-5-11(19-2)9-14(12)20-3/h4-9H,1-3H3. The van der Waals surface area contributed by atoms with E-state index in [2.05, 4.69) is 0 Å². The Morgan fingerprint density at radius 3 is 2.43 bits per heavy atom. The number of carbonyl (C=O) groups excluding carboxylic acids is 1. The van der Waals surface area contributed by atoms with Gasteiger partial charge in [-0.15, -0.1) is 0 Å². The second-order valence-corrected chi connectivity index (χ2v) is 4.80. The second-order valence-electron chi connectivity index (χ2n) is 4.39. The summed E-state index contributed by atoms with van der Waals surface area (Å²) in [7, 11) is 3.02. The molecule has 0 atom stereocenters. The van der Waals surface area contributed by atoms with E-state index in [1.54, 1.807) is 37.4 Å². The van der Waals surface area contributed by atoms with E-state index in [1.165, 1.54) is 7.11 Å². The number of methoxy groups -OCH3 is 2. The second kappa shape index (κ2) is 6.50. The third-order valence-corrected chi connectivity index (χ3v) is 3.23. The lowest BCUT2D eigenvalue weighted by atomic mass is 10.2. The molecule has 2 aromatic rings. The monoisotopic (exact) mass is 306 g/mol. The number of ether oxygens (including phenoxy) is 3. The van der Waals surface area contributed by atoms with Crippen LogP contribution in [0.3, 0.4) is 0 Å². The minimum atomic E-state index is -0.540. The van der Waals surface area contributed by atoms with Gasteiger partial charge >= 0.3 is 5.97 Å². The minimum absolute atomic E-state index is 0.302. The van der Waals surface area contributed by atoms with Gasteiger partial charge in [-0.3, -0.25) is 0 Å². The van der Waals surface area contributed by atoms with Crippen molar-refractivity contribution in [2.75, 3.05) is 14.2 Å². The molecule has 0 fully saturated rings. The Morgan fingerprint density at radius 2 is 1.76 bits per heavy atom. The Kier molecular flexibility index (Phi) is 4.70. The number of rotatable bonds is 4. The van der Waals surface area contributed by atoms with E-state index >= 15 is 0 Å². The summed E-state index contributed by atoms with van der Waals surface area (Å²) in [5, 5.41) is 0.376. The molecule has 110 valence electrons. The molecule has 5 heteroatoms. The van der Waals surface area contributed by atoms with Gasteiger partial charge in [-0.1, -0.05) is 17.7 Å². The van der Waals surface area contributed by atoms with Gasteiger partial charge in [-0.2, -0.15) is 0 Å². The fraction of sp³-hybridized carbons (Fsp3) is 0.188. The maximum Gasteiger partial charge on any atom is 0.347 e. The van der Waals surface area contributed by atoms with E-state index in [0.29, 0.717) is 27.8 Å².